The van der Waals surface area contributed by atoms with Crippen molar-refractivity contribution in [3.8, 4) is 0 Å². The van der Waals surface area contributed by atoms with Gasteiger partial charge in [0.2, 0.25) is 5.91 Å². The minimum Gasteiger partial charge on any atom is -0.459 e. The molecule has 1 unspecified atom stereocenters. The van der Waals surface area contributed by atoms with Crippen LogP contribution in [0.5, 0.6) is 0 Å². The van der Waals surface area contributed by atoms with E-state index in [0.717, 1.165) is 38.8 Å². The fraction of sp³-hybridized carbons (Fsp3) is 0.391. The van der Waals surface area contributed by atoms with Crippen LogP contribution in [0.1, 0.15) is 47.7 Å². The summed E-state index contributed by atoms with van der Waals surface area (Å²) < 4.78 is 5.25. The summed E-state index contributed by atoms with van der Waals surface area (Å²) >= 11 is 0. The molecule has 2 amide bonds. The summed E-state index contributed by atoms with van der Waals surface area (Å²) in [4.78, 5) is 32.9. The molecule has 0 aliphatic carbocycles. The van der Waals surface area contributed by atoms with Gasteiger partial charge in [0.1, 0.15) is 6.04 Å². The van der Waals surface area contributed by atoms with Crippen molar-refractivity contribution in [3.05, 3.63) is 60.2 Å². The number of para-hydroxylation sites is 1. The van der Waals surface area contributed by atoms with Crippen molar-refractivity contribution >= 4 is 22.7 Å². The molecule has 2 aliphatic rings. The van der Waals surface area contributed by atoms with Crippen molar-refractivity contribution in [2.75, 3.05) is 19.6 Å². The number of carbonyl (C=O) groups is 2. The smallest absolute Gasteiger partial charge is 0.290 e. The second-order valence-electron chi connectivity index (χ2n) is 8.02. The van der Waals surface area contributed by atoms with E-state index in [1.165, 1.54) is 22.7 Å². The summed E-state index contributed by atoms with van der Waals surface area (Å²) in [7, 11) is 0. The molecule has 0 saturated carbocycles. The fourth-order valence-corrected chi connectivity index (χ4v) is 4.86. The summed E-state index contributed by atoms with van der Waals surface area (Å²) in [5, 5.41) is 1.28. The number of piperidine rings is 1. The zero-order chi connectivity index (χ0) is 19.8. The second-order valence-corrected chi connectivity index (χ2v) is 8.02. The van der Waals surface area contributed by atoms with Gasteiger partial charge >= 0.3 is 0 Å². The summed E-state index contributed by atoms with van der Waals surface area (Å²) in [6.45, 7) is 2.09. The number of rotatable bonds is 3. The maximum Gasteiger partial charge on any atom is 0.290 e. The molecular weight excluding hydrogens is 366 g/mol. The van der Waals surface area contributed by atoms with Crippen LogP contribution in [0.3, 0.4) is 0 Å². The minimum absolute atomic E-state index is 0.0831. The number of hydrogen-bond donors (Lipinski definition) is 1. The van der Waals surface area contributed by atoms with Gasteiger partial charge in [-0.2, -0.15) is 0 Å². The van der Waals surface area contributed by atoms with Gasteiger partial charge in [0.15, 0.2) is 5.76 Å². The van der Waals surface area contributed by atoms with E-state index in [0.29, 0.717) is 18.2 Å². The highest BCUT2D eigenvalue weighted by Crippen LogP contribution is 2.34. The SMILES string of the molecule is O=C(C1CCCN1C(=O)c1ccco1)N1CCC(c2c[nH]c3ccccc23)CC1. The van der Waals surface area contributed by atoms with Crippen LogP contribution in [-0.2, 0) is 4.79 Å². The van der Waals surface area contributed by atoms with Gasteiger partial charge in [-0.25, -0.2) is 0 Å². The number of fused-ring (bicyclic) bond motifs is 1. The number of nitrogens with zero attached hydrogens (tertiary/aromatic N) is 2. The first-order valence-corrected chi connectivity index (χ1v) is 10.4. The molecule has 150 valence electrons. The Hall–Kier alpha value is -3.02. The average molecular weight is 391 g/mol. The first kappa shape index (κ1) is 18.0. The first-order valence-electron chi connectivity index (χ1n) is 10.4. The Morgan fingerprint density at radius 1 is 1.00 bits per heavy atom. The first-order chi connectivity index (χ1) is 14.2. The molecular formula is C23H25N3O3. The van der Waals surface area contributed by atoms with E-state index in [9.17, 15) is 9.59 Å². The molecule has 4 heterocycles. The van der Waals surface area contributed by atoms with Crippen LogP contribution < -0.4 is 0 Å². The molecule has 2 aromatic heterocycles. The normalized spacial score (nSPS) is 20.5. The highest BCUT2D eigenvalue weighted by molar-refractivity contribution is 5.96. The van der Waals surface area contributed by atoms with Crippen LogP contribution in [0, 0.1) is 0 Å². The van der Waals surface area contributed by atoms with Crippen molar-refractivity contribution in [2.45, 2.75) is 37.6 Å². The van der Waals surface area contributed by atoms with E-state index < -0.39 is 0 Å². The fourth-order valence-electron chi connectivity index (χ4n) is 4.86. The Kier molecular flexibility index (Phi) is 4.62. The molecule has 3 aromatic rings. The predicted molar refractivity (Wildman–Crippen MR) is 110 cm³/mol. The second kappa shape index (κ2) is 7.43. The van der Waals surface area contributed by atoms with E-state index in [1.807, 2.05) is 11.0 Å². The maximum atomic E-state index is 13.2. The molecule has 29 heavy (non-hydrogen) atoms. The molecule has 1 atom stereocenters. The molecule has 2 aliphatic heterocycles. The van der Waals surface area contributed by atoms with Crippen LogP contribution >= 0.6 is 0 Å². The highest BCUT2D eigenvalue weighted by Gasteiger charge is 2.38. The van der Waals surface area contributed by atoms with Gasteiger partial charge in [0.05, 0.1) is 6.26 Å². The number of benzene rings is 1. The Bertz CT molecular complexity index is 1020. The van der Waals surface area contributed by atoms with Crippen LogP contribution in [0.25, 0.3) is 10.9 Å². The van der Waals surface area contributed by atoms with Gasteiger partial charge in [-0.15, -0.1) is 0 Å². The van der Waals surface area contributed by atoms with E-state index in [-0.39, 0.29) is 17.9 Å². The lowest BCUT2D eigenvalue weighted by molar-refractivity contribution is -0.136. The summed E-state index contributed by atoms with van der Waals surface area (Å²) in [6.07, 6.45) is 7.10. The molecule has 5 rings (SSSR count). The number of likely N-dealkylation sites (tertiary alicyclic amines) is 2. The summed E-state index contributed by atoms with van der Waals surface area (Å²) in [5.41, 5.74) is 2.52. The number of furan rings is 1. The highest BCUT2D eigenvalue weighted by atomic mass is 16.3. The van der Waals surface area contributed by atoms with Crippen LogP contribution in [0.2, 0.25) is 0 Å². The van der Waals surface area contributed by atoms with Crippen LogP contribution in [-0.4, -0.2) is 52.3 Å². The van der Waals surface area contributed by atoms with E-state index in [4.69, 9.17) is 4.42 Å². The van der Waals surface area contributed by atoms with Crippen molar-refractivity contribution in [1.82, 2.24) is 14.8 Å². The largest absolute Gasteiger partial charge is 0.459 e. The van der Waals surface area contributed by atoms with Gasteiger partial charge < -0.3 is 19.2 Å². The molecule has 1 aromatic carbocycles. The Morgan fingerprint density at radius 3 is 2.62 bits per heavy atom. The number of H-pyrrole nitrogens is 1. The van der Waals surface area contributed by atoms with Gasteiger partial charge in [0.25, 0.3) is 5.91 Å². The van der Waals surface area contributed by atoms with Crippen molar-refractivity contribution in [3.63, 3.8) is 0 Å². The van der Waals surface area contributed by atoms with E-state index in [1.54, 1.807) is 17.0 Å². The number of aromatic nitrogens is 1. The maximum absolute atomic E-state index is 13.2. The lowest BCUT2D eigenvalue weighted by atomic mass is 9.89. The molecule has 1 N–H and O–H groups in total. The monoisotopic (exact) mass is 391 g/mol. The zero-order valence-corrected chi connectivity index (χ0v) is 16.3. The number of carbonyl (C=O) groups excluding carboxylic acids is 2. The minimum atomic E-state index is -0.364. The lowest BCUT2D eigenvalue weighted by Crippen LogP contribution is -2.49. The van der Waals surface area contributed by atoms with Crippen molar-refractivity contribution in [2.24, 2.45) is 0 Å². The standard InChI is InChI=1S/C23H25N3O3/c27-22(20-7-3-11-26(20)23(28)21-8-4-14-29-21)25-12-9-16(10-13-25)18-15-24-19-6-2-1-5-17(18)19/h1-2,4-6,8,14-16,20,24H,3,7,9-13H2. The summed E-state index contributed by atoms with van der Waals surface area (Å²) in [5.74, 6) is 0.668. The third-order valence-electron chi connectivity index (χ3n) is 6.40. The zero-order valence-electron chi connectivity index (χ0n) is 16.3. The van der Waals surface area contributed by atoms with Crippen molar-refractivity contribution < 1.29 is 14.0 Å². The number of aromatic amines is 1. The Labute approximate surface area is 169 Å². The lowest BCUT2D eigenvalue weighted by Gasteiger charge is -2.35. The van der Waals surface area contributed by atoms with Gasteiger partial charge in [-0.1, -0.05) is 18.2 Å². The van der Waals surface area contributed by atoms with Gasteiger partial charge in [-0.05, 0) is 55.4 Å². The topological polar surface area (TPSA) is 69.6 Å². The Balaban J connectivity index is 1.26. The van der Waals surface area contributed by atoms with Gasteiger partial charge in [0, 0.05) is 36.7 Å². The molecule has 0 bridgehead atoms. The van der Waals surface area contributed by atoms with Gasteiger partial charge in [-0.3, -0.25) is 9.59 Å². The molecule has 0 radical (unpaired) electrons. The molecule has 2 fully saturated rings. The van der Waals surface area contributed by atoms with Crippen molar-refractivity contribution in [1.29, 1.82) is 0 Å². The molecule has 6 nitrogen and oxygen atoms in total. The number of hydrogen-bond acceptors (Lipinski definition) is 3. The van der Waals surface area contributed by atoms with Crippen LogP contribution in [0.4, 0.5) is 0 Å². The molecule has 2 saturated heterocycles. The Morgan fingerprint density at radius 2 is 1.83 bits per heavy atom. The number of nitrogens with one attached hydrogen (secondary N) is 1. The third kappa shape index (κ3) is 3.22. The van der Waals surface area contributed by atoms with Crippen LogP contribution in [0.15, 0.2) is 53.3 Å². The quantitative estimate of drug-likeness (QED) is 0.739. The summed E-state index contributed by atoms with van der Waals surface area (Å²) in [6, 6.07) is 11.4. The predicted octanol–water partition coefficient (Wildman–Crippen LogP) is 3.77. The number of amides is 2. The van der Waals surface area contributed by atoms with E-state index >= 15 is 0 Å². The van der Waals surface area contributed by atoms with E-state index in [2.05, 4.69) is 29.4 Å². The molecule has 6 heteroatoms. The third-order valence-corrected chi connectivity index (χ3v) is 6.40. The molecule has 0 spiro atoms. The average Bonchev–Trinajstić information content (AvgIpc) is 3.53.